The predicted molar refractivity (Wildman–Crippen MR) is 112 cm³/mol. The van der Waals surface area contributed by atoms with Crippen molar-refractivity contribution in [1.29, 1.82) is 0 Å². The Morgan fingerprint density at radius 2 is 2.12 bits per heavy atom. The third-order valence-corrected chi connectivity index (χ3v) is 5.19. The number of nitrogens with one attached hydrogen (secondary N) is 1. The van der Waals surface area contributed by atoms with Crippen LogP contribution in [0.5, 0.6) is 0 Å². The highest BCUT2D eigenvalue weighted by atomic mass is 127. The van der Waals surface area contributed by atoms with Gasteiger partial charge in [0.15, 0.2) is 5.96 Å². The van der Waals surface area contributed by atoms with Crippen LogP contribution in [0.1, 0.15) is 37.2 Å². The van der Waals surface area contributed by atoms with Crippen molar-refractivity contribution >= 4 is 35.8 Å². The molecular formula is C19H29IN4O. The molecule has 1 amide bonds. The zero-order valence-electron chi connectivity index (χ0n) is 14.9. The van der Waals surface area contributed by atoms with Gasteiger partial charge in [-0.1, -0.05) is 30.3 Å². The van der Waals surface area contributed by atoms with Gasteiger partial charge < -0.3 is 16.0 Å². The maximum absolute atomic E-state index is 11.2. The molecule has 0 aromatic heterocycles. The van der Waals surface area contributed by atoms with Gasteiger partial charge in [0.05, 0.1) is 0 Å². The molecule has 3 unspecified atom stereocenters. The number of primary amides is 1. The van der Waals surface area contributed by atoms with Crippen molar-refractivity contribution in [1.82, 2.24) is 10.2 Å². The van der Waals surface area contributed by atoms with Gasteiger partial charge in [-0.3, -0.25) is 9.79 Å². The Bertz CT molecular complexity index is 592. The lowest BCUT2D eigenvalue weighted by Gasteiger charge is -2.34. The molecule has 138 valence electrons. The minimum Gasteiger partial charge on any atom is -0.370 e. The number of hydrogen-bond acceptors (Lipinski definition) is 2. The fourth-order valence-corrected chi connectivity index (χ4v) is 3.84. The number of aliphatic imine (C=N–C) groups is 1. The third kappa shape index (κ3) is 5.59. The van der Waals surface area contributed by atoms with Crippen LogP contribution in [0.25, 0.3) is 0 Å². The van der Waals surface area contributed by atoms with Crippen LogP contribution in [0.4, 0.5) is 0 Å². The largest absolute Gasteiger partial charge is 0.370 e. The Morgan fingerprint density at radius 1 is 1.36 bits per heavy atom. The molecule has 3 N–H and O–H groups in total. The van der Waals surface area contributed by atoms with Crippen LogP contribution in [-0.2, 0) is 4.79 Å². The number of hydrogen-bond donors (Lipinski definition) is 2. The van der Waals surface area contributed by atoms with Crippen LogP contribution in [-0.4, -0.2) is 43.4 Å². The first kappa shape index (κ1) is 20.0. The van der Waals surface area contributed by atoms with E-state index in [1.54, 1.807) is 0 Å². The number of nitrogens with zero attached hydrogens (tertiary/aromatic N) is 2. The number of guanidine groups is 1. The lowest BCUT2D eigenvalue weighted by Crippen LogP contribution is -2.47. The molecule has 1 aromatic carbocycles. The smallest absolute Gasteiger partial charge is 0.217 e. The molecule has 0 spiro atoms. The highest BCUT2D eigenvalue weighted by Gasteiger charge is 2.38. The van der Waals surface area contributed by atoms with E-state index in [4.69, 9.17) is 5.73 Å². The number of likely N-dealkylation sites (tertiary alicyclic amines) is 1. The molecule has 1 aliphatic carbocycles. The first-order chi connectivity index (χ1) is 11.7. The maximum atomic E-state index is 11.2. The van der Waals surface area contributed by atoms with Crippen LogP contribution in [0, 0.1) is 11.8 Å². The number of halogens is 1. The third-order valence-electron chi connectivity index (χ3n) is 5.19. The Morgan fingerprint density at radius 3 is 2.80 bits per heavy atom. The number of benzene rings is 1. The van der Waals surface area contributed by atoms with Gasteiger partial charge in [0.1, 0.15) is 0 Å². The summed E-state index contributed by atoms with van der Waals surface area (Å²) in [5, 5.41) is 3.53. The molecule has 3 rings (SSSR count). The van der Waals surface area contributed by atoms with Crippen LogP contribution in [0.2, 0.25) is 0 Å². The molecular weight excluding hydrogens is 427 g/mol. The van der Waals surface area contributed by atoms with E-state index in [0.29, 0.717) is 24.2 Å². The molecule has 5 nitrogen and oxygen atoms in total. The SMILES string of the molecule is CN=C(NCC1CC1c1ccccc1)N1CCCC(CC(N)=O)C1.I. The van der Waals surface area contributed by atoms with E-state index in [1.165, 1.54) is 12.0 Å². The summed E-state index contributed by atoms with van der Waals surface area (Å²) in [6.07, 6.45) is 3.90. The fraction of sp³-hybridized carbons (Fsp3) is 0.579. The summed E-state index contributed by atoms with van der Waals surface area (Å²) in [7, 11) is 1.83. The van der Waals surface area contributed by atoms with Crippen molar-refractivity contribution in [3.05, 3.63) is 35.9 Å². The second-order valence-electron chi connectivity index (χ2n) is 7.07. The standard InChI is InChI=1S/C19H28N4O.HI/c1-21-19(23-9-5-6-14(13-23)10-18(20)24)22-12-16-11-17(16)15-7-3-2-4-8-15;/h2-4,7-8,14,16-17H,5-6,9-13H2,1H3,(H2,20,24)(H,21,22);1H. The van der Waals surface area contributed by atoms with Gasteiger partial charge in [-0.05, 0) is 42.6 Å². The summed E-state index contributed by atoms with van der Waals surface area (Å²) in [6.45, 7) is 2.83. The van der Waals surface area contributed by atoms with Gasteiger partial charge in [-0.25, -0.2) is 0 Å². The fourth-order valence-electron chi connectivity index (χ4n) is 3.84. The van der Waals surface area contributed by atoms with Gasteiger partial charge in [-0.15, -0.1) is 24.0 Å². The van der Waals surface area contributed by atoms with Crippen molar-refractivity contribution in [2.75, 3.05) is 26.7 Å². The van der Waals surface area contributed by atoms with Crippen molar-refractivity contribution in [2.45, 2.75) is 31.6 Å². The lowest BCUT2D eigenvalue weighted by atomic mass is 9.95. The van der Waals surface area contributed by atoms with Gasteiger partial charge >= 0.3 is 0 Å². The van der Waals surface area contributed by atoms with E-state index in [0.717, 1.165) is 38.4 Å². The van der Waals surface area contributed by atoms with Crippen LogP contribution < -0.4 is 11.1 Å². The lowest BCUT2D eigenvalue weighted by molar-refractivity contribution is -0.119. The van der Waals surface area contributed by atoms with Crippen LogP contribution in [0.15, 0.2) is 35.3 Å². The molecule has 25 heavy (non-hydrogen) atoms. The molecule has 1 aliphatic heterocycles. The normalized spacial score (nSPS) is 25.9. The van der Waals surface area contributed by atoms with Gasteiger partial charge in [0, 0.05) is 33.1 Å². The Hall–Kier alpha value is -1.31. The van der Waals surface area contributed by atoms with E-state index in [1.807, 2.05) is 7.05 Å². The van der Waals surface area contributed by atoms with Crippen molar-refractivity contribution < 1.29 is 4.79 Å². The van der Waals surface area contributed by atoms with E-state index >= 15 is 0 Å². The molecule has 0 bridgehead atoms. The topological polar surface area (TPSA) is 70.7 Å². The summed E-state index contributed by atoms with van der Waals surface area (Å²) in [5.41, 5.74) is 6.79. The van der Waals surface area contributed by atoms with Crippen molar-refractivity contribution in [3.63, 3.8) is 0 Å². The maximum Gasteiger partial charge on any atom is 0.217 e. The Kier molecular flexibility index (Phi) is 7.53. The Labute approximate surface area is 167 Å². The second kappa shape index (κ2) is 9.40. The average molecular weight is 456 g/mol. The summed E-state index contributed by atoms with van der Waals surface area (Å²) in [4.78, 5) is 17.9. The zero-order chi connectivity index (χ0) is 16.9. The molecule has 1 saturated carbocycles. The number of carbonyl (C=O) groups is 1. The molecule has 3 atom stereocenters. The minimum absolute atomic E-state index is 0. The molecule has 1 aromatic rings. The number of carbonyl (C=O) groups excluding carboxylic acids is 1. The van der Waals surface area contributed by atoms with Crippen molar-refractivity contribution in [3.8, 4) is 0 Å². The minimum atomic E-state index is -0.200. The second-order valence-corrected chi connectivity index (χ2v) is 7.07. The summed E-state index contributed by atoms with van der Waals surface area (Å²) < 4.78 is 0. The van der Waals surface area contributed by atoms with E-state index in [2.05, 4.69) is 45.5 Å². The van der Waals surface area contributed by atoms with E-state index < -0.39 is 0 Å². The van der Waals surface area contributed by atoms with Gasteiger partial charge in [0.25, 0.3) is 0 Å². The number of amides is 1. The van der Waals surface area contributed by atoms with E-state index in [-0.39, 0.29) is 29.9 Å². The first-order valence-electron chi connectivity index (χ1n) is 8.96. The van der Waals surface area contributed by atoms with Crippen LogP contribution >= 0.6 is 24.0 Å². The number of nitrogens with two attached hydrogens (primary N) is 1. The summed E-state index contributed by atoms with van der Waals surface area (Å²) in [6, 6.07) is 10.7. The average Bonchev–Trinajstić information content (AvgIpc) is 3.36. The highest BCUT2D eigenvalue weighted by Crippen LogP contribution is 2.46. The Balaban J connectivity index is 0.00000225. The molecule has 2 aliphatic rings. The van der Waals surface area contributed by atoms with Crippen molar-refractivity contribution in [2.24, 2.45) is 22.6 Å². The zero-order valence-corrected chi connectivity index (χ0v) is 17.2. The van der Waals surface area contributed by atoms with Gasteiger partial charge in [-0.2, -0.15) is 0 Å². The first-order valence-corrected chi connectivity index (χ1v) is 8.96. The monoisotopic (exact) mass is 456 g/mol. The number of piperidine rings is 1. The molecule has 2 fully saturated rings. The summed E-state index contributed by atoms with van der Waals surface area (Å²) >= 11 is 0. The molecule has 1 heterocycles. The van der Waals surface area contributed by atoms with Crippen LogP contribution in [0.3, 0.4) is 0 Å². The highest BCUT2D eigenvalue weighted by molar-refractivity contribution is 14.0. The van der Waals surface area contributed by atoms with Gasteiger partial charge in [0.2, 0.25) is 5.91 Å². The number of rotatable bonds is 5. The molecule has 6 heteroatoms. The predicted octanol–water partition coefficient (Wildman–Crippen LogP) is 2.57. The molecule has 1 saturated heterocycles. The van der Waals surface area contributed by atoms with E-state index in [9.17, 15) is 4.79 Å². The summed E-state index contributed by atoms with van der Waals surface area (Å²) in [5.74, 6) is 2.49. The quantitative estimate of drug-likeness (QED) is 0.407. The molecule has 0 radical (unpaired) electrons.